The van der Waals surface area contributed by atoms with Crippen molar-refractivity contribution in [2.75, 3.05) is 17.7 Å². The number of fused-ring (bicyclic) bond motifs is 1. The number of hydrogen-bond donors (Lipinski definition) is 3. The number of carboxylic acids is 1. The predicted molar refractivity (Wildman–Crippen MR) is 112 cm³/mol. The van der Waals surface area contributed by atoms with Gasteiger partial charge in [0.1, 0.15) is 22.8 Å². The van der Waals surface area contributed by atoms with E-state index in [9.17, 15) is 14.7 Å². The van der Waals surface area contributed by atoms with Gasteiger partial charge in [0.2, 0.25) is 0 Å². The maximum absolute atomic E-state index is 12.9. The van der Waals surface area contributed by atoms with Crippen molar-refractivity contribution in [2.24, 2.45) is 0 Å². The molecule has 0 spiro atoms. The number of rotatable bonds is 5. The molecule has 0 fully saturated rings. The van der Waals surface area contributed by atoms with Crippen molar-refractivity contribution in [1.82, 2.24) is 9.78 Å². The number of methoxy groups -OCH3 is 1. The molecule has 0 radical (unpaired) electrons. The molecule has 1 aliphatic heterocycles. The molecular weight excluding hydrogens is 384 g/mol. The van der Waals surface area contributed by atoms with Crippen molar-refractivity contribution >= 4 is 23.4 Å². The lowest BCUT2D eigenvalue weighted by molar-refractivity contribution is -0.132. The summed E-state index contributed by atoms with van der Waals surface area (Å²) in [6.45, 7) is 1.93. The number of ether oxygens (including phenoxy) is 1. The van der Waals surface area contributed by atoms with Crippen LogP contribution in [0.5, 0.6) is 5.75 Å². The summed E-state index contributed by atoms with van der Waals surface area (Å²) in [5.41, 5.74) is 2.71. The molecule has 1 aliphatic rings. The second-order valence-corrected chi connectivity index (χ2v) is 6.90. The molecule has 8 nitrogen and oxygen atoms in total. The molecule has 30 heavy (non-hydrogen) atoms. The highest BCUT2D eigenvalue weighted by Crippen LogP contribution is 2.33. The minimum absolute atomic E-state index is 0.0200. The number of anilines is 2. The zero-order valence-electron chi connectivity index (χ0n) is 16.4. The van der Waals surface area contributed by atoms with E-state index in [1.807, 2.05) is 37.3 Å². The number of carbonyl (C=O) groups excluding carboxylic acids is 1. The van der Waals surface area contributed by atoms with Crippen LogP contribution in [0.3, 0.4) is 0 Å². The Balaban J connectivity index is 1.70. The Kier molecular flexibility index (Phi) is 4.97. The van der Waals surface area contributed by atoms with Crippen LogP contribution in [0.2, 0.25) is 0 Å². The number of benzene rings is 2. The molecule has 1 aromatic heterocycles. The van der Waals surface area contributed by atoms with E-state index >= 15 is 0 Å². The lowest BCUT2D eigenvalue weighted by Crippen LogP contribution is -2.25. The Morgan fingerprint density at radius 3 is 2.63 bits per heavy atom. The summed E-state index contributed by atoms with van der Waals surface area (Å²) >= 11 is 0. The summed E-state index contributed by atoms with van der Waals surface area (Å²) in [7, 11) is 1.58. The maximum atomic E-state index is 12.9. The molecule has 0 saturated heterocycles. The number of carboxylic acid groups (broad SMARTS) is 1. The fourth-order valence-electron chi connectivity index (χ4n) is 3.35. The first kappa shape index (κ1) is 19.3. The number of aryl methyl sites for hydroxylation is 1. The molecule has 0 unspecified atom stereocenters. The molecule has 3 aromatic rings. The largest absolute Gasteiger partial charge is 0.497 e. The quantitative estimate of drug-likeness (QED) is 0.602. The monoisotopic (exact) mass is 404 g/mol. The first-order valence-electron chi connectivity index (χ1n) is 9.28. The summed E-state index contributed by atoms with van der Waals surface area (Å²) in [6, 6.07) is 14.2. The minimum Gasteiger partial charge on any atom is -0.497 e. The lowest BCUT2D eigenvalue weighted by atomic mass is 10.0. The van der Waals surface area contributed by atoms with Gasteiger partial charge in [0.05, 0.1) is 19.3 Å². The van der Waals surface area contributed by atoms with Crippen LogP contribution in [0, 0.1) is 6.92 Å². The van der Waals surface area contributed by atoms with E-state index < -0.39 is 12.0 Å². The molecule has 1 amide bonds. The van der Waals surface area contributed by atoms with Gasteiger partial charge in [-0.1, -0.05) is 24.3 Å². The topological polar surface area (TPSA) is 105 Å². The van der Waals surface area contributed by atoms with Crippen molar-refractivity contribution < 1.29 is 19.4 Å². The highest BCUT2D eigenvalue weighted by Gasteiger charge is 2.29. The summed E-state index contributed by atoms with van der Waals surface area (Å²) in [5.74, 6) is -0.490. The third kappa shape index (κ3) is 3.62. The van der Waals surface area contributed by atoms with E-state index in [-0.39, 0.29) is 17.2 Å². The van der Waals surface area contributed by atoms with E-state index in [0.717, 1.165) is 11.1 Å². The Bertz CT molecular complexity index is 1150. The molecular formula is C22H20N4O4. The van der Waals surface area contributed by atoms with Gasteiger partial charge in [-0.3, -0.25) is 4.79 Å². The van der Waals surface area contributed by atoms with Crippen LogP contribution in [0.25, 0.3) is 0 Å². The average Bonchev–Trinajstić information content (AvgIpc) is 3.17. The average molecular weight is 404 g/mol. The maximum Gasteiger partial charge on any atom is 0.352 e. The van der Waals surface area contributed by atoms with Crippen molar-refractivity contribution in [2.45, 2.75) is 13.0 Å². The van der Waals surface area contributed by atoms with Gasteiger partial charge in [-0.25, -0.2) is 9.48 Å². The van der Waals surface area contributed by atoms with E-state index in [4.69, 9.17) is 4.74 Å². The fourth-order valence-corrected chi connectivity index (χ4v) is 3.35. The molecule has 2 aromatic carbocycles. The Labute approximate surface area is 172 Å². The molecule has 2 heterocycles. The first-order valence-corrected chi connectivity index (χ1v) is 9.28. The molecule has 4 rings (SSSR count). The third-order valence-electron chi connectivity index (χ3n) is 4.84. The van der Waals surface area contributed by atoms with Crippen LogP contribution in [-0.2, 0) is 4.79 Å². The van der Waals surface area contributed by atoms with Crippen LogP contribution >= 0.6 is 0 Å². The van der Waals surface area contributed by atoms with E-state index in [1.165, 1.54) is 6.20 Å². The Morgan fingerprint density at radius 1 is 1.20 bits per heavy atom. The molecule has 0 bridgehead atoms. The molecule has 0 saturated carbocycles. The molecule has 3 N–H and O–H groups in total. The zero-order valence-corrected chi connectivity index (χ0v) is 16.4. The number of allylic oxidation sites excluding steroid dienone is 1. The van der Waals surface area contributed by atoms with E-state index in [1.54, 1.807) is 36.1 Å². The van der Waals surface area contributed by atoms with Gasteiger partial charge < -0.3 is 20.5 Å². The van der Waals surface area contributed by atoms with Crippen molar-refractivity contribution in [3.05, 3.63) is 83.2 Å². The van der Waals surface area contributed by atoms with Crippen molar-refractivity contribution in [3.63, 3.8) is 0 Å². The number of aliphatic carboxylic acids is 1. The number of amides is 1. The number of hydrogen-bond acceptors (Lipinski definition) is 5. The smallest absolute Gasteiger partial charge is 0.352 e. The van der Waals surface area contributed by atoms with Gasteiger partial charge in [-0.2, -0.15) is 5.10 Å². The Hall–Kier alpha value is -4.07. The van der Waals surface area contributed by atoms with Gasteiger partial charge in [-0.15, -0.1) is 0 Å². The van der Waals surface area contributed by atoms with Gasteiger partial charge in [-0.05, 0) is 48.4 Å². The highest BCUT2D eigenvalue weighted by atomic mass is 16.5. The van der Waals surface area contributed by atoms with Gasteiger partial charge in [0, 0.05) is 5.69 Å². The molecule has 0 aliphatic carbocycles. The van der Waals surface area contributed by atoms with E-state index in [2.05, 4.69) is 15.7 Å². The van der Waals surface area contributed by atoms with Crippen LogP contribution in [0.4, 0.5) is 11.5 Å². The zero-order chi connectivity index (χ0) is 21.3. The van der Waals surface area contributed by atoms with Gasteiger partial charge >= 0.3 is 5.97 Å². The van der Waals surface area contributed by atoms with Crippen molar-refractivity contribution in [3.8, 4) is 5.75 Å². The summed E-state index contributed by atoms with van der Waals surface area (Å²) < 4.78 is 6.79. The highest BCUT2D eigenvalue weighted by molar-refractivity contribution is 6.08. The second kappa shape index (κ2) is 7.75. The standard InChI is InChI=1S/C22H20N4O4/c1-13-4-3-5-15(10-13)24-21(27)17-12-23-26-19(11-18(22(28)29)25-20(17)26)14-6-8-16(30-2)9-7-14/h3-12,19,25H,1-2H3,(H,24,27)(H,28,29)/t19-/m0/s1. The second-order valence-electron chi connectivity index (χ2n) is 6.90. The third-order valence-corrected chi connectivity index (χ3v) is 4.84. The minimum atomic E-state index is -1.12. The lowest BCUT2D eigenvalue weighted by Gasteiger charge is -2.24. The predicted octanol–water partition coefficient (Wildman–Crippen LogP) is 3.44. The van der Waals surface area contributed by atoms with Crippen LogP contribution in [0.1, 0.15) is 27.5 Å². The number of aromatic nitrogens is 2. The van der Waals surface area contributed by atoms with Crippen LogP contribution < -0.4 is 15.4 Å². The number of nitrogens with zero attached hydrogens (tertiary/aromatic N) is 2. The van der Waals surface area contributed by atoms with Gasteiger partial charge in [0.25, 0.3) is 5.91 Å². The molecule has 152 valence electrons. The number of nitrogens with one attached hydrogen (secondary N) is 2. The van der Waals surface area contributed by atoms with E-state index in [0.29, 0.717) is 17.3 Å². The normalized spacial score (nSPS) is 14.9. The fraction of sp³-hybridized carbons (Fsp3) is 0.136. The van der Waals surface area contributed by atoms with Crippen molar-refractivity contribution in [1.29, 1.82) is 0 Å². The summed E-state index contributed by atoms with van der Waals surface area (Å²) in [4.78, 5) is 24.6. The Morgan fingerprint density at radius 2 is 1.97 bits per heavy atom. The van der Waals surface area contributed by atoms with Crippen LogP contribution in [-0.4, -0.2) is 33.9 Å². The molecule has 1 atom stereocenters. The molecule has 8 heteroatoms. The SMILES string of the molecule is COc1ccc([C@@H]2C=C(C(=O)O)Nc3c(C(=O)Nc4cccc(C)c4)cnn32)cc1. The first-order chi connectivity index (χ1) is 14.5. The van der Waals surface area contributed by atoms with Crippen LogP contribution in [0.15, 0.2) is 66.5 Å². The number of carbonyl (C=O) groups is 2. The van der Waals surface area contributed by atoms with Gasteiger partial charge in [0.15, 0.2) is 0 Å². The summed E-state index contributed by atoms with van der Waals surface area (Å²) in [6.07, 6.45) is 3.00. The summed E-state index contributed by atoms with van der Waals surface area (Å²) in [5, 5.41) is 19.6.